The molecular weight excluding hydrogens is 674 g/mol. The number of β-lactam (4-membered cyclic amide) rings is 1. The number of likely N-dealkylation sites (N-methyl/N-ethyl adjacent to an activating group) is 1. The molecule has 3 aliphatic heterocycles. The van der Waals surface area contributed by atoms with E-state index in [1.54, 1.807) is 4.90 Å². The number of carbonyl (C=O) groups excluding carboxylic acids is 4. The van der Waals surface area contributed by atoms with Crippen LogP contribution in [0, 0.1) is 0 Å². The number of nitrogen functional groups attached to an aromatic ring is 1. The molecule has 48 heavy (non-hydrogen) atoms. The molecule has 2 aromatic heterocycles. The molecule has 2 saturated heterocycles. The molecule has 6 N–H and O–H groups in total. The van der Waals surface area contributed by atoms with Gasteiger partial charge in [0.05, 0.1) is 51.1 Å². The fourth-order valence-electron chi connectivity index (χ4n) is 5.20. The number of hydrogen-bond acceptors (Lipinski definition) is 16. The molecule has 2 fully saturated rings. The summed E-state index contributed by atoms with van der Waals surface area (Å²) in [6, 6.07) is -0.0839. The lowest BCUT2D eigenvalue weighted by molar-refractivity contribution is -0.908. The van der Waals surface area contributed by atoms with Gasteiger partial charge in [0, 0.05) is 28.9 Å². The summed E-state index contributed by atoms with van der Waals surface area (Å²) in [6.07, 6.45) is 0.986. The maximum Gasteiger partial charge on any atom is 0.350 e. The van der Waals surface area contributed by atoms with E-state index in [2.05, 4.69) is 24.8 Å². The lowest BCUT2D eigenvalue weighted by Gasteiger charge is -2.51. The summed E-state index contributed by atoms with van der Waals surface area (Å²) < 4.78 is 4.28. The van der Waals surface area contributed by atoms with Crippen molar-refractivity contribution >= 4 is 63.8 Å². The monoisotopic (exact) mass is 705 g/mol. The molecule has 0 aromatic carbocycles. The fraction of sp³-hybridized carbons (Fsp3) is 0.444. The number of piperazine rings is 1. The van der Waals surface area contributed by atoms with Gasteiger partial charge in [-0.2, -0.15) is 9.36 Å². The Balaban J connectivity index is 1.28. The number of rotatable bonds is 10. The number of aromatic hydroxyl groups is 2. The first-order chi connectivity index (χ1) is 22.5. The van der Waals surface area contributed by atoms with Gasteiger partial charge in [0.15, 0.2) is 16.6 Å². The van der Waals surface area contributed by atoms with E-state index < -0.39 is 63.9 Å². The van der Waals surface area contributed by atoms with Gasteiger partial charge in [0.2, 0.25) is 17.1 Å². The Morgan fingerprint density at radius 3 is 2.50 bits per heavy atom. The zero-order valence-corrected chi connectivity index (χ0v) is 27.4. The Hall–Kier alpha value is -5.02. The number of amides is 3. The van der Waals surface area contributed by atoms with Crippen molar-refractivity contribution < 1.29 is 53.7 Å². The molecule has 0 bridgehead atoms. The van der Waals surface area contributed by atoms with Gasteiger partial charge < -0.3 is 50.5 Å². The maximum atomic E-state index is 13.3. The second-order valence-electron chi connectivity index (χ2n) is 12.0. The second-order valence-corrected chi connectivity index (χ2v) is 13.9. The van der Waals surface area contributed by atoms with Crippen LogP contribution in [0.2, 0.25) is 0 Å². The normalized spacial score (nSPS) is 20.9. The van der Waals surface area contributed by atoms with Gasteiger partial charge in [-0.15, -0.1) is 11.8 Å². The number of hydrogen-bond donors (Lipinski definition) is 5. The van der Waals surface area contributed by atoms with Gasteiger partial charge in [0.25, 0.3) is 17.7 Å². The Bertz CT molecular complexity index is 1750. The Morgan fingerprint density at radius 2 is 1.92 bits per heavy atom. The summed E-state index contributed by atoms with van der Waals surface area (Å²) in [5.41, 5.74) is 3.42. The number of carbonyl (C=O) groups is 5. The lowest BCUT2D eigenvalue weighted by Crippen LogP contribution is -2.72. The number of aliphatic carboxylic acids is 2. The highest BCUT2D eigenvalue weighted by atomic mass is 32.2. The first kappa shape index (κ1) is 34.3. The predicted molar refractivity (Wildman–Crippen MR) is 165 cm³/mol. The Labute approximate surface area is 280 Å². The average Bonchev–Trinajstić information content (AvgIpc) is 3.46. The van der Waals surface area contributed by atoms with E-state index in [9.17, 15) is 44.4 Å². The molecule has 5 heterocycles. The van der Waals surface area contributed by atoms with Crippen LogP contribution >= 0.6 is 23.3 Å². The first-order valence-corrected chi connectivity index (χ1v) is 16.1. The van der Waals surface area contributed by atoms with Crippen LogP contribution in [0.1, 0.15) is 30.2 Å². The van der Waals surface area contributed by atoms with Crippen molar-refractivity contribution in [2.45, 2.75) is 30.9 Å². The largest absolute Gasteiger partial charge is 0.543 e. The minimum absolute atomic E-state index is 0.00741. The molecule has 2 aromatic rings. The number of quaternary nitrogens is 1. The van der Waals surface area contributed by atoms with Crippen molar-refractivity contribution in [2.75, 3.05) is 51.3 Å². The van der Waals surface area contributed by atoms with E-state index >= 15 is 0 Å². The molecule has 256 valence electrons. The minimum atomic E-state index is -1.82. The third-order valence-corrected chi connectivity index (χ3v) is 9.92. The van der Waals surface area contributed by atoms with Crippen LogP contribution in [0.3, 0.4) is 0 Å². The number of nitrogens with two attached hydrogens (primary N) is 1. The third-order valence-electron chi connectivity index (χ3n) is 8.04. The molecule has 21 heteroatoms. The van der Waals surface area contributed by atoms with Crippen LogP contribution in [-0.4, -0.2) is 142 Å². The van der Waals surface area contributed by atoms with E-state index in [0.29, 0.717) is 36.2 Å². The molecule has 3 amide bonds. The fourth-order valence-corrected chi connectivity index (χ4v) is 6.97. The number of anilines is 1. The maximum absolute atomic E-state index is 13.3. The molecular formula is C27H31N9O10S2. The number of carboxylic acid groups (broad SMARTS) is 2. The third kappa shape index (κ3) is 6.69. The van der Waals surface area contributed by atoms with Gasteiger partial charge in [-0.25, -0.2) is 9.78 Å². The van der Waals surface area contributed by atoms with Gasteiger partial charge in [0.1, 0.15) is 23.7 Å². The quantitative estimate of drug-likeness (QED) is 0.0741. The average molecular weight is 706 g/mol. The number of nitrogens with zero attached hydrogens (tertiary/aromatic N) is 7. The summed E-state index contributed by atoms with van der Waals surface area (Å²) in [5.74, 6) is -6.00. The molecule has 0 unspecified atom stereocenters. The molecule has 19 nitrogen and oxygen atoms in total. The van der Waals surface area contributed by atoms with Crippen molar-refractivity contribution in [1.82, 2.24) is 29.5 Å². The van der Waals surface area contributed by atoms with E-state index in [0.717, 1.165) is 28.7 Å². The van der Waals surface area contributed by atoms with Crippen molar-refractivity contribution in [3.63, 3.8) is 0 Å². The van der Waals surface area contributed by atoms with Gasteiger partial charge in [-0.3, -0.25) is 19.3 Å². The standard InChI is InChI=1S/C27H31N9O10S2/c1-27(2,25(44)45)46-32-16(19-31-26(28)48-33-19)20(39)30-17-22(41)35-18(24(42)43)12(11-47-23(17)35)10-36(3)6-4-34(5-7-36)21(40)13-8-14(37)15(38)9-29-13/h8-9,17,23H,4-7,10-11H2,1-3H3,(H6-,28,29,30,31,32,33,37,38,39,40,42,43,44,45)/t17-,23+/m1/s1. The molecule has 0 saturated carbocycles. The molecule has 0 radical (unpaired) electrons. The highest BCUT2D eigenvalue weighted by Crippen LogP contribution is 2.41. The first-order valence-electron chi connectivity index (χ1n) is 14.3. The summed E-state index contributed by atoms with van der Waals surface area (Å²) in [5, 5.41) is 46.3. The van der Waals surface area contributed by atoms with Crippen LogP contribution in [0.5, 0.6) is 11.5 Å². The zero-order valence-electron chi connectivity index (χ0n) is 25.8. The van der Waals surface area contributed by atoms with Crippen LogP contribution in [-0.2, 0) is 24.0 Å². The topological polar surface area (TPSA) is 274 Å². The van der Waals surface area contributed by atoms with Crippen molar-refractivity contribution in [3.8, 4) is 11.5 Å². The Kier molecular flexibility index (Phi) is 9.21. The molecule has 3 aliphatic rings. The van der Waals surface area contributed by atoms with Gasteiger partial charge in [-0.1, -0.05) is 5.16 Å². The van der Waals surface area contributed by atoms with E-state index in [1.807, 2.05) is 7.05 Å². The van der Waals surface area contributed by atoms with Crippen LogP contribution < -0.4 is 16.2 Å². The van der Waals surface area contributed by atoms with E-state index in [-0.39, 0.29) is 34.6 Å². The number of fused-ring (bicyclic) bond motifs is 1. The zero-order chi connectivity index (χ0) is 35.1. The van der Waals surface area contributed by atoms with E-state index in [4.69, 9.17) is 10.6 Å². The van der Waals surface area contributed by atoms with Crippen molar-refractivity contribution in [1.29, 1.82) is 0 Å². The van der Waals surface area contributed by atoms with E-state index in [1.165, 1.54) is 25.6 Å². The summed E-state index contributed by atoms with van der Waals surface area (Å²) in [6.45, 7) is 4.15. The Morgan fingerprint density at radius 1 is 1.23 bits per heavy atom. The number of aromatic nitrogens is 3. The minimum Gasteiger partial charge on any atom is -0.543 e. The SMILES string of the molecule is CC(C)(ON=C(C(=O)N[C@@H]1C(=O)N2C(C(=O)[O-])=C(C[N+]3(C)CCN(C(=O)c4cc(O)c(O)cn4)CC3)CS[C@@H]12)c1nsc(N)n1)C(=O)O. The molecule has 0 spiro atoms. The number of thioether (sulfide) groups is 1. The van der Waals surface area contributed by atoms with Crippen LogP contribution in [0.15, 0.2) is 28.7 Å². The summed E-state index contributed by atoms with van der Waals surface area (Å²) >= 11 is 1.99. The lowest BCUT2D eigenvalue weighted by atomic mass is 10.0. The van der Waals surface area contributed by atoms with Gasteiger partial charge >= 0.3 is 5.97 Å². The smallest absolute Gasteiger partial charge is 0.350 e. The van der Waals surface area contributed by atoms with Crippen molar-refractivity contribution in [3.05, 3.63) is 35.1 Å². The number of nitrogens with one attached hydrogen (secondary N) is 1. The molecule has 5 rings (SSSR count). The highest BCUT2D eigenvalue weighted by molar-refractivity contribution is 8.00. The summed E-state index contributed by atoms with van der Waals surface area (Å²) in [4.78, 5) is 78.8. The molecule has 2 atom stereocenters. The second kappa shape index (κ2) is 12.9. The summed E-state index contributed by atoms with van der Waals surface area (Å²) in [7, 11) is 1.90. The molecule has 0 aliphatic carbocycles. The highest BCUT2D eigenvalue weighted by Gasteiger charge is 2.54. The van der Waals surface area contributed by atoms with Gasteiger partial charge in [-0.05, 0) is 13.8 Å². The number of pyridine rings is 1. The number of carboxylic acids is 2. The predicted octanol–water partition coefficient (Wildman–Crippen LogP) is -2.48. The van der Waals surface area contributed by atoms with Crippen molar-refractivity contribution in [2.24, 2.45) is 5.16 Å². The number of oxime groups is 1. The van der Waals surface area contributed by atoms with Crippen LogP contribution in [0.4, 0.5) is 5.13 Å². The van der Waals surface area contributed by atoms with Crippen LogP contribution in [0.25, 0.3) is 0 Å².